The number of hydrogen-bond donors (Lipinski definition) is 0. The van der Waals surface area contributed by atoms with Crippen LogP contribution in [0.15, 0.2) is 23.2 Å². The van der Waals surface area contributed by atoms with Crippen molar-refractivity contribution in [1.29, 1.82) is 0 Å². The van der Waals surface area contributed by atoms with E-state index in [-0.39, 0.29) is 11.6 Å². The number of benzene rings is 1. The van der Waals surface area contributed by atoms with Crippen molar-refractivity contribution in [1.82, 2.24) is 0 Å². The number of nitro groups is 1. The molecule has 4 nitrogen and oxygen atoms in total. The monoisotopic (exact) mass is 352 g/mol. The van der Waals surface area contributed by atoms with Gasteiger partial charge in [-0.2, -0.15) is 0 Å². The fraction of sp³-hybridized carbons (Fsp3) is 0.300. The smallest absolute Gasteiger partial charge is 0.258 e. The maximum Gasteiger partial charge on any atom is 0.282 e. The number of nitrogens with zero attached hydrogens (tertiary/aromatic N) is 2. The zero-order valence-electron chi connectivity index (χ0n) is 8.78. The van der Waals surface area contributed by atoms with Crippen LogP contribution in [0, 0.1) is 19.6 Å². The molecule has 0 saturated carbocycles. The van der Waals surface area contributed by atoms with E-state index in [1.807, 2.05) is 36.4 Å². The van der Waals surface area contributed by atoms with Crippen molar-refractivity contribution in [2.24, 2.45) is 10.9 Å². The minimum absolute atomic E-state index is 0.0835. The molecule has 86 valence electrons. The van der Waals surface area contributed by atoms with Crippen LogP contribution in [0.1, 0.15) is 13.8 Å². The van der Waals surface area contributed by atoms with Gasteiger partial charge in [0.2, 0.25) is 0 Å². The molecule has 0 heterocycles. The van der Waals surface area contributed by atoms with Gasteiger partial charge in [0.05, 0.1) is 14.2 Å². The molecule has 0 saturated heterocycles. The molecular weight excluding hydrogens is 342 g/mol. The van der Waals surface area contributed by atoms with Gasteiger partial charge < -0.3 is 0 Å². The van der Waals surface area contributed by atoms with E-state index in [1.165, 1.54) is 6.07 Å². The molecule has 6 heteroatoms. The van der Waals surface area contributed by atoms with Crippen LogP contribution in [0.2, 0.25) is 0 Å². The number of aliphatic imine (C=N–C) groups is 1. The quantitative estimate of drug-likeness (QED) is 0.355. The van der Waals surface area contributed by atoms with Crippen LogP contribution < -0.4 is 0 Å². The van der Waals surface area contributed by atoms with E-state index in [1.54, 1.807) is 12.1 Å². The highest BCUT2D eigenvalue weighted by atomic mass is 127. The van der Waals surface area contributed by atoms with Gasteiger partial charge in [0.15, 0.2) is 0 Å². The number of rotatable bonds is 3. The van der Waals surface area contributed by atoms with Gasteiger partial charge >= 0.3 is 0 Å². The molecule has 0 aliphatic rings. The van der Waals surface area contributed by atoms with E-state index in [2.05, 4.69) is 4.99 Å². The number of hydrogen-bond acceptors (Lipinski definition) is 3. The largest absolute Gasteiger partial charge is 0.282 e. The molecule has 1 aromatic carbocycles. The minimum atomic E-state index is -0.417. The molecule has 1 aromatic rings. The first kappa shape index (κ1) is 13.4. The van der Waals surface area contributed by atoms with Gasteiger partial charge in [0, 0.05) is 12.0 Å². The predicted molar refractivity (Wildman–Crippen MR) is 73.6 cm³/mol. The van der Waals surface area contributed by atoms with Crippen molar-refractivity contribution in [2.45, 2.75) is 13.8 Å². The molecule has 0 spiro atoms. The van der Waals surface area contributed by atoms with Gasteiger partial charge in [-0.25, -0.2) is 4.99 Å². The first-order valence-electron chi connectivity index (χ1n) is 4.60. The first-order chi connectivity index (χ1) is 7.41. The Labute approximate surface area is 112 Å². The van der Waals surface area contributed by atoms with Crippen molar-refractivity contribution < 1.29 is 4.92 Å². The molecule has 16 heavy (non-hydrogen) atoms. The lowest BCUT2D eigenvalue weighted by atomic mass is 10.2. The third-order valence-corrected chi connectivity index (χ3v) is 3.23. The number of halogens is 2. The summed E-state index contributed by atoms with van der Waals surface area (Å²) in [5.74, 6) is 0.148. The Morgan fingerprint density at radius 2 is 2.19 bits per heavy atom. The van der Waals surface area contributed by atoms with Gasteiger partial charge in [0.25, 0.3) is 5.69 Å². The van der Waals surface area contributed by atoms with Crippen molar-refractivity contribution in [2.75, 3.05) is 0 Å². The summed E-state index contributed by atoms with van der Waals surface area (Å²) in [5, 5.41) is 11.1. The lowest BCUT2D eigenvalue weighted by Crippen LogP contribution is -1.97. The average Bonchev–Trinajstić information content (AvgIpc) is 2.16. The van der Waals surface area contributed by atoms with Gasteiger partial charge in [0.1, 0.15) is 5.17 Å². The Balaban J connectivity index is 3.07. The van der Waals surface area contributed by atoms with Gasteiger partial charge in [-0.1, -0.05) is 25.4 Å². The second kappa shape index (κ2) is 5.58. The normalized spacial score (nSPS) is 11.9. The Hall–Kier alpha value is -0.690. The molecule has 0 aliphatic heterocycles. The third kappa shape index (κ3) is 3.41. The molecule has 0 radical (unpaired) electrons. The second-order valence-corrected chi connectivity index (χ2v) is 5.03. The summed E-state index contributed by atoms with van der Waals surface area (Å²) in [4.78, 5) is 14.4. The summed E-state index contributed by atoms with van der Waals surface area (Å²) in [5.41, 5.74) is 0.717. The van der Waals surface area contributed by atoms with Gasteiger partial charge in [-0.15, -0.1) is 0 Å². The van der Waals surface area contributed by atoms with E-state index in [4.69, 9.17) is 11.6 Å². The SMILES string of the molecule is CC(C)C(Cl)=Nc1ccc([N+](=O)[O-])c(I)c1. The average molecular weight is 353 g/mol. The standard InChI is InChI=1S/C10H10ClIN2O2/c1-6(2)10(11)13-7-3-4-9(14(15)16)8(12)5-7/h3-6H,1-2H3. The summed E-state index contributed by atoms with van der Waals surface area (Å²) in [6.07, 6.45) is 0. The Morgan fingerprint density at radius 1 is 1.56 bits per heavy atom. The van der Waals surface area contributed by atoms with Crippen LogP contribution in [0.25, 0.3) is 0 Å². The van der Waals surface area contributed by atoms with E-state index in [0.717, 1.165) is 0 Å². The summed E-state index contributed by atoms with van der Waals surface area (Å²) < 4.78 is 0.553. The fourth-order valence-electron chi connectivity index (χ4n) is 0.966. The molecular formula is C10H10ClIN2O2. The fourth-order valence-corrected chi connectivity index (χ4v) is 1.76. The highest BCUT2D eigenvalue weighted by molar-refractivity contribution is 14.1. The van der Waals surface area contributed by atoms with Crippen LogP contribution >= 0.6 is 34.2 Å². The van der Waals surface area contributed by atoms with E-state index >= 15 is 0 Å². The van der Waals surface area contributed by atoms with Crippen molar-refractivity contribution in [3.63, 3.8) is 0 Å². The minimum Gasteiger partial charge on any atom is -0.258 e. The Kier molecular flexibility index (Phi) is 4.67. The molecule has 0 aromatic heterocycles. The molecule has 0 bridgehead atoms. The maximum atomic E-state index is 10.6. The van der Waals surface area contributed by atoms with Gasteiger partial charge in [-0.3, -0.25) is 10.1 Å². The Morgan fingerprint density at radius 3 is 2.62 bits per heavy atom. The zero-order chi connectivity index (χ0) is 12.3. The van der Waals surface area contributed by atoms with Gasteiger partial charge in [-0.05, 0) is 34.7 Å². The summed E-state index contributed by atoms with van der Waals surface area (Å²) >= 11 is 7.83. The summed E-state index contributed by atoms with van der Waals surface area (Å²) in [7, 11) is 0. The van der Waals surface area contributed by atoms with Crippen LogP contribution in [0.5, 0.6) is 0 Å². The zero-order valence-corrected chi connectivity index (χ0v) is 11.7. The summed E-state index contributed by atoms with van der Waals surface area (Å²) in [6, 6.07) is 4.67. The van der Waals surface area contributed by atoms with Crippen LogP contribution in [0.4, 0.5) is 11.4 Å². The van der Waals surface area contributed by atoms with Crippen molar-refractivity contribution in [3.05, 3.63) is 31.9 Å². The lowest BCUT2D eigenvalue weighted by Gasteiger charge is -2.02. The van der Waals surface area contributed by atoms with Crippen LogP contribution in [-0.4, -0.2) is 10.1 Å². The van der Waals surface area contributed by atoms with E-state index in [0.29, 0.717) is 14.4 Å². The molecule has 0 amide bonds. The molecule has 0 aliphatic carbocycles. The summed E-state index contributed by atoms with van der Waals surface area (Å²) in [6.45, 7) is 3.87. The highest BCUT2D eigenvalue weighted by Crippen LogP contribution is 2.26. The second-order valence-electron chi connectivity index (χ2n) is 3.48. The van der Waals surface area contributed by atoms with Crippen molar-refractivity contribution in [3.8, 4) is 0 Å². The van der Waals surface area contributed by atoms with Crippen LogP contribution in [0.3, 0.4) is 0 Å². The van der Waals surface area contributed by atoms with E-state index < -0.39 is 4.92 Å². The third-order valence-electron chi connectivity index (χ3n) is 1.84. The topological polar surface area (TPSA) is 55.5 Å². The van der Waals surface area contributed by atoms with Crippen molar-refractivity contribution >= 4 is 50.7 Å². The maximum absolute atomic E-state index is 10.6. The Bertz CT molecular complexity index is 446. The number of nitro benzene ring substituents is 1. The first-order valence-corrected chi connectivity index (χ1v) is 6.05. The molecule has 0 fully saturated rings. The molecule has 0 N–H and O–H groups in total. The van der Waals surface area contributed by atoms with E-state index in [9.17, 15) is 10.1 Å². The highest BCUT2D eigenvalue weighted by Gasteiger charge is 2.11. The predicted octanol–water partition coefficient (Wildman–Crippen LogP) is 4.12. The molecule has 0 atom stereocenters. The molecule has 1 rings (SSSR count). The lowest BCUT2D eigenvalue weighted by molar-refractivity contribution is -0.385. The molecule has 0 unspecified atom stereocenters. The van der Waals surface area contributed by atoms with Crippen LogP contribution in [-0.2, 0) is 0 Å².